The number of benzene rings is 1. The number of esters is 1. The minimum atomic E-state index is -1.04. The van der Waals surface area contributed by atoms with Gasteiger partial charge < -0.3 is 19.9 Å². The van der Waals surface area contributed by atoms with Gasteiger partial charge in [0.05, 0.1) is 25.4 Å². The van der Waals surface area contributed by atoms with E-state index >= 15 is 0 Å². The van der Waals surface area contributed by atoms with Gasteiger partial charge in [0.15, 0.2) is 10.8 Å². The van der Waals surface area contributed by atoms with Crippen LogP contribution in [0.4, 0.5) is 0 Å². The number of aliphatic carboxylic acids is 1. The fourth-order valence-electron chi connectivity index (χ4n) is 3.87. The summed E-state index contributed by atoms with van der Waals surface area (Å²) in [5.41, 5.74) is 1.52. The highest BCUT2D eigenvalue weighted by molar-refractivity contribution is 7.11. The Morgan fingerprint density at radius 2 is 2.23 bits per heavy atom. The molecule has 0 aliphatic carbocycles. The second-order valence-corrected chi connectivity index (χ2v) is 9.47. The number of carboxylic acid groups (broad SMARTS) is 1. The number of nitrogens with zero attached hydrogens (tertiary/aromatic N) is 3. The van der Waals surface area contributed by atoms with Crippen LogP contribution in [0.15, 0.2) is 58.2 Å². The number of thiazole rings is 1. The van der Waals surface area contributed by atoms with Crippen LogP contribution < -0.4 is 5.32 Å². The fourth-order valence-corrected chi connectivity index (χ4v) is 4.97. The molecule has 1 unspecified atom stereocenters. The van der Waals surface area contributed by atoms with Gasteiger partial charge in [0, 0.05) is 58.6 Å². The van der Waals surface area contributed by atoms with Crippen LogP contribution in [0.3, 0.4) is 0 Å². The number of carbonyl (C=O) groups excluding carboxylic acids is 1. The van der Waals surface area contributed by atoms with Crippen molar-refractivity contribution in [2.24, 2.45) is 4.99 Å². The highest BCUT2D eigenvalue weighted by atomic mass is 35.5. The summed E-state index contributed by atoms with van der Waals surface area (Å²) in [6.07, 6.45) is 3.86. The molecular formula is C23H22Cl2N4O5S. The number of methoxy groups -OCH3 is 1. The Hall–Kier alpha value is -2.76. The Labute approximate surface area is 215 Å². The summed E-state index contributed by atoms with van der Waals surface area (Å²) in [7, 11) is 1.31. The molecule has 1 aromatic carbocycles. The highest BCUT2D eigenvalue weighted by Gasteiger charge is 2.35. The van der Waals surface area contributed by atoms with Gasteiger partial charge in [0.2, 0.25) is 0 Å². The first kappa shape index (κ1) is 25.3. The van der Waals surface area contributed by atoms with Gasteiger partial charge in [-0.05, 0) is 18.2 Å². The van der Waals surface area contributed by atoms with E-state index in [9.17, 15) is 9.59 Å². The molecule has 2 aliphatic rings. The number of morpholine rings is 1. The van der Waals surface area contributed by atoms with Crippen molar-refractivity contribution in [3.8, 4) is 0 Å². The molecule has 0 saturated carbocycles. The van der Waals surface area contributed by atoms with Crippen molar-refractivity contribution in [1.82, 2.24) is 15.2 Å². The van der Waals surface area contributed by atoms with E-state index in [2.05, 4.69) is 15.2 Å². The molecule has 0 amide bonds. The number of amidine groups is 1. The summed E-state index contributed by atoms with van der Waals surface area (Å²) in [4.78, 5) is 35.1. The van der Waals surface area contributed by atoms with E-state index in [1.54, 1.807) is 24.4 Å². The second-order valence-electron chi connectivity index (χ2n) is 7.73. The second kappa shape index (κ2) is 11.3. The molecule has 2 atom stereocenters. The highest BCUT2D eigenvalue weighted by Crippen LogP contribution is 2.37. The topological polar surface area (TPSA) is 113 Å². The van der Waals surface area contributed by atoms with Gasteiger partial charge in [0.1, 0.15) is 6.04 Å². The number of aliphatic imine (C=N–C) groups is 1. The van der Waals surface area contributed by atoms with Gasteiger partial charge in [-0.1, -0.05) is 29.3 Å². The molecule has 9 nitrogen and oxygen atoms in total. The van der Waals surface area contributed by atoms with Crippen molar-refractivity contribution in [1.29, 1.82) is 0 Å². The van der Waals surface area contributed by atoms with Crippen LogP contribution in [0.2, 0.25) is 10.0 Å². The summed E-state index contributed by atoms with van der Waals surface area (Å²) in [6.45, 7) is 1.79. The van der Waals surface area contributed by atoms with Crippen LogP contribution >= 0.6 is 34.5 Å². The monoisotopic (exact) mass is 536 g/mol. The molecule has 0 bridgehead atoms. The normalized spacial score (nSPS) is 21.1. The number of hydrogen-bond acceptors (Lipinski definition) is 9. The number of hydrogen-bond donors (Lipinski definition) is 2. The lowest BCUT2D eigenvalue weighted by Gasteiger charge is -2.34. The Bertz CT molecular complexity index is 1200. The maximum absolute atomic E-state index is 13.0. The molecule has 2 aromatic rings. The molecule has 35 heavy (non-hydrogen) atoms. The first-order valence-corrected chi connectivity index (χ1v) is 12.3. The third-order valence-corrected chi connectivity index (χ3v) is 6.78. The Morgan fingerprint density at radius 1 is 1.40 bits per heavy atom. The van der Waals surface area contributed by atoms with Gasteiger partial charge in [0.25, 0.3) is 0 Å². The minimum absolute atomic E-state index is 0.321. The van der Waals surface area contributed by atoms with E-state index < -0.39 is 18.0 Å². The summed E-state index contributed by atoms with van der Waals surface area (Å²) >= 11 is 14.0. The summed E-state index contributed by atoms with van der Waals surface area (Å²) in [5.74, 6) is -1.07. The van der Waals surface area contributed by atoms with Crippen LogP contribution in [-0.2, 0) is 19.1 Å². The smallest absolute Gasteiger partial charge is 0.338 e. The van der Waals surface area contributed by atoms with E-state index in [4.69, 9.17) is 42.8 Å². The zero-order chi connectivity index (χ0) is 24.9. The molecule has 4 rings (SSSR count). The molecule has 2 aliphatic heterocycles. The minimum Gasteiger partial charge on any atom is -0.478 e. The van der Waals surface area contributed by atoms with Crippen LogP contribution in [0.1, 0.15) is 16.6 Å². The Balaban J connectivity index is 1.73. The third-order valence-electron chi connectivity index (χ3n) is 5.44. The van der Waals surface area contributed by atoms with E-state index in [0.29, 0.717) is 64.0 Å². The number of rotatable bonds is 7. The first-order valence-electron chi connectivity index (χ1n) is 10.6. The van der Waals surface area contributed by atoms with Gasteiger partial charge in [-0.15, -0.1) is 11.3 Å². The van der Waals surface area contributed by atoms with Crippen LogP contribution in [0.25, 0.3) is 0 Å². The van der Waals surface area contributed by atoms with E-state index in [-0.39, 0.29) is 6.10 Å². The van der Waals surface area contributed by atoms with E-state index in [1.807, 2.05) is 5.38 Å². The number of ether oxygens (including phenoxy) is 2. The summed E-state index contributed by atoms with van der Waals surface area (Å²) < 4.78 is 10.8. The average Bonchev–Trinajstić information content (AvgIpc) is 3.37. The average molecular weight is 537 g/mol. The van der Waals surface area contributed by atoms with Crippen molar-refractivity contribution in [3.05, 3.63) is 73.8 Å². The standard InChI is InChI=1S/C23H22Cl2N4O5S/c1-33-23(32)19-17(12-29-7-8-34-14(11-29)3-5-18(30)31)27-21(22-26-6-9-35-22)28-20(19)15-4-2-13(24)10-16(15)25/h2-6,9-10,14,20H,7-8,11-12H2,1H3,(H,27,28)(H,30,31)/b5-3+/t14?,20-/m0/s1. The Morgan fingerprint density at radius 3 is 2.91 bits per heavy atom. The molecule has 12 heteroatoms. The quantitative estimate of drug-likeness (QED) is 0.409. The zero-order valence-electron chi connectivity index (χ0n) is 18.6. The van der Waals surface area contributed by atoms with Gasteiger partial charge in [-0.2, -0.15) is 0 Å². The first-order chi connectivity index (χ1) is 16.9. The SMILES string of the molecule is COC(=O)C1=C(CN2CCOC(/C=C/C(=O)O)C2)NC(c2nccs2)=N[C@H]1c1ccc(Cl)cc1Cl. The number of carbonyl (C=O) groups is 2. The number of aromatic nitrogens is 1. The van der Waals surface area contributed by atoms with Crippen LogP contribution in [0, 0.1) is 0 Å². The molecule has 1 saturated heterocycles. The molecular weight excluding hydrogens is 515 g/mol. The lowest BCUT2D eigenvalue weighted by atomic mass is 9.95. The largest absolute Gasteiger partial charge is 0.478 e. The number of carboxylic acids is 1. The molecule has 1 aromatic heterocycles. The van der Waals surface area contributed by atoms with Crippen LogP contribution in [0.5, 0.6) is 0 Å². The molecule has 0 radical (unpaired) electrons. The van der Waals surface area contributed by atoms with Crippen molar-refractivity contribution in [2.45, 2.75) is 12.1 Å². The zero-order valence-corrected chi connectivity index (χ0v) is 20.9. The Kier molecular flexibility index (Phi) is 8.19. The predicted molar refractivity (Wildman–Crippen MR) is 133 cm³/mol. The maximum atomic E-state index is 13.0. The number of halogens is 2. The predicted octanol–water partition coefficient (Wildman–Crippen LogP) is 3.31. The maximum Gasteiger partial charge on any atom is 0.338 e. The molecule has 0 spiro atoms. The van der Waals surface area contributed by atoms with Crippen molar-refractivity contribution >= 4 is 52.3 Å². The molecule has 2 N–H and O–H groups in total. The molecule has 1 fully saturated rings. The van der Waals surface area contributed by atoms with Gasteiger partial charge in [-0.25, -0.2) is 14.6 Å². The van der Waals surface area contributed by atoms with Crippen molar-refractivity contribution < 1.29 is 24.2 Å². The van der Waals surface area contributed by atoms with E-state index in [0.717, 1.165) is 6.08 Å². The molecule has 3 heterocycles. The summed E-state index contributed by atoms with van der Waals surface area (Å²) in [6, 6.07) is 4.30. The van der Waals surface area contributed by atoms with Gasteiger partial charge in [-0.3, -0.25) is 9.89 Å². The number of nitrogens with one attached hydrogen (secondary N) is 1. The lowest BCUT2D eigenvalue weighted by Crippen LogP contribution is -2.46. The van der Waals surface area contributed by atoms with E-state index in [1.165, 1.54) is 24.5 Å². The van der Waals surface area contributed by atoms with Gasteiger partial charge >= 0.3 is 11.9 Å². The fraction of sp³-hybridized carbons (Fsp3) is 0.304. The van der Waals surface area contributed by atoms with Crippen molar-refractivity contribution in [3.63, 3.8) is 0 Å². The van der Waals surface area contributed by atoms with Crippen LogP contribution in [-0.4, -0.2) is 72.2 Å². The third kappa shape index (κ3) is 6.09. The lowest BCUT2D eigenvalue weighted by molar-refractivity contribution is -0.136. The summed E-state index contributed by atoms with van der Waals surface area (Å²) in [5, 5.41) is 15.5. The van der Waals surface area contributed by atoms with Crippen molar-refractivity contribution in [2.75, 3.05) is 33.4 Å². The molecule has 184 valence electrons.